The number of ether oxygens (including phenoxy) is 1. The Bertz CT molecular complexity index is 741. The van der Waals surface area contributed by atoms with E-state index < -0.39 is 0 Å². The van der Waals surface area contributed by atoms with Crippen molar-refractivity contribution in [2.45, 2.75) is 19.4 Å². The molecule has 8 heteroatoms. The molecule has 0 aromatic carbocycles. The maximum absolute atomic E-state index is 12.7. The number of aromatic nitrogens is 4. The first kappa shape index (κ1) is 17.1. The molecule has 8 nitrogen and oxygen atoms in total. The predicted octanol–water partition coefficient (Wildman–Crippen LogP) is -0.0192. The predicted molar refractivity (Wildman–Crippen MR) is 94.6 cm³/mol. The van der Waals surface area contributed by atoms with Crippen molar-refractivity contribution in [2.75, 3.05) is 45.9 Å². The molecule has 2 aliphatic rings. The fourth-order valence-corrected chi connectivity index (χ4v) is 3.50. The SMILES string of the molecule is O=C(CN1CCOCC1)N1CCc2nnc(Cc3cccnc3)n2CC1. The van der Waals surface area contributed by atoms with Crippen LogP contribution in [0, 0.1) is 0 Å². The first-order chi connectivity index (χ1) is 12.8. The van der Waals surface area contributed by atoms with Gasteiger partial charge in [-0.05, 0) is 11.6 Å². The van der Waals surface area contributed by atoms with Crippen molar-refractivity contribution < 1.29 is 9.53 Å². The van der Waals surface area contributed by atoms with Crippen LogP contribution in [0.4, 0.5) is 0 Å². The van der Waals surface area contributed by atoms with Crippen LogP contribution in [0.25, 0.3) is 0 Å². The molecule has 4 heterocycles. The number of carbonyl (C=O) groups is 1. The molecule has 26 heavy (non-hydrogen) atoms. The minimum absolute atomic E-state index is 0.194. The second-order valence-corrected chi connectivity index (χ2v) is 6.74. The largest absolute Gasteiger partial charge is 0.379 e. The maximum Gasteiger partial charge on any atom is 0.236 e. The Morgan fingerprint density at radius 3 is 2.81 bits per heavy atom. The van der Waals surface area contributed by atoms with Crippen molar-refractivity contribution in [3.63, 3.8) is 0 Å². The zero-order valence-electron chi connectivity index (χ0n) is 14.9. The van der Waals surface area contributed by atoms with Crippen molar-refractivity contribution in [3.05, 3.63) is 41.7 Å². The van der Waals surface area contributed by atoms with Gasteiger partial charge in [-0.25, -0.2) is 0 Å². The molecule has 2 aromatic heterocycles. The minimum Gasteiger partial charge on any atom is -0.379 e. The molecule has 0 spiro atoms. The molecule has 0 unspecified atom stereocenters. The van der Waals surface area contributed by atoms with Gasteiger partial charge in [0.25, 0.3) is 0 Å². The van der Waals surface area contributed by atoms with Crippen molar-refractivity contribution in [1.29, 1.82) is 0 Å². The van der Waals surface area contributed by atoms with Gasteiger partial charge in [-0.3, -0.25) is 14.7 Å². The first-order valence-corrected chi connectivity index (χ1v) is 9.17. The summed E-state index contributed by atoms with van der Waals surface area (Å²) in [5, 5.41) is 8.71. The van der Waals surface area contributed by atoms with Crippen molar-refractivity contribution in [1.82, 2.24) is 29.5 Å². The number of morpholine rings is 1. The van der Waals surface area contributed by atoms with Gasteiger partial charge in [0, 0.05) is 58.0 Å². The molecule has 2 aromatic rings. The second-order valence-electron chi connectivity index (χ2n) is 6.74. The van der Waals surface area contributed by atoms with E-state index in [-0.39, 0.29) is 5.91 Å². The fourth-order valence-electron chi connectivity index (χ4n) is 3.50. The normalized spacial score (nSPS) is 18.4. The molecular formula is C18H24N6O2. The number of fused-ring (bicyclic) bond motifs is 1. The lowest BCUT2D eigenvalue weighted by atomic mass is 10.2. The summed E-state index contributed by atoms with van der Waals surface area (Å²) in [5.74, 6) is 2.10. The van der Waals surface area contributed by atoms with Crippen LogP contribution >= 0.6 is 0 Å². The van der Waals surface area contributed by atoms with E-state index >= 15 is 0 Å². The average molecular weight is 356 g/mol. The number of hydrogen-bond acceptors (Lipinski definition) is 6. The highest BCUT2D eigenvalue weighted by atomic mass is 16.5. The lowest BCUT2D eigenvalue weighted by Gasteiger charge is -2.29. The summed E-state index contributed by atoms with van der Waals surface area (Å²) in [6.45, 7) is 5.72. The Balaban J connectivity index is 1.38. The molecule has 0 radical (unpaired) electrons. The molecule has 1 fully saturated rings. The zero-order chi connectivity index (χ0) is 17.8. The molecular weight excluding hydrogens is 332 g/mol. The second kappa shape index (κ2) is 7.92. The molecule has 2 aliphatic heterocycles. The zero-order valence-corrected chi connectivity index (χ0v) is 14.9. The van der Waals surface area contributed by atoms with Gasteiger partial charge in [0.1, 0.15) is 11.6 Å². The van der Waals surface area contributed by atoms with Gasteiger partial charge < -0.3 is 14.2 Å². The summed E-state index contributed by atoms with van der Waals surface area (Å²) in [6, 6.07) is 3.98. The van der Waals surface area contributed by atoms with Gasteiger partial charge in [0.05, 0.1) is 19.8 Å². The van der Waals surface area contributed by atoms with Gasteiger partial charge in [-0.2, -0.15) is 0 Å². The Labute approximate surface area is 152 Å². The van der Waals surface area contributed by atoms with Crippen LogP contribution < -0.4 is 0 Å². The lowest BCUT2D eigenvalue weighted by molar-refractivity contribution is -0.133. The molecule has 138 valence electrons. The Morgan fingerprint density at radius 2 is 2.00 bits per heavy atom. The molecule has 0 atom stereocenters. The van der Waals surface area contributed by atoms with Crippen LogP contribution in [-0.4, -0.2) is 81.4 Å². The number of carbonyl (C=O) groups excluding carboxylic acids is 1. The summed E-state index contributed by atoms with van der Waals surface area (Å²) >= 11 is 0. The number of pyridine rings is 1. The number of rotatable bonds is 4. The molecule has 0 N–H and O–H groups in total. The highest BCUT2D eigenvalue weighted by Gasteiger charge is 2.23. The Hall–Kier alpha value is -2.32. The fraction of sp³-hybridized carbons (Fsp3) is 0.556. The van der Waals surface area contributed by atoms with Gasteiger partial charge in [0.2, 0.25) is 5.91 Å². The third-order valence-corrected chi connectivity index (χ3v) is 5.00. The Kier molecular flexibility index (Phi) is 5.21. The number of hydrogen-bond donors (Lipinski definition) is 0. The van der Waals surface area contributed by atoms with E-state index in [0.717, 1.165) is 43.3 Å². The van der Waals surface area contributed by atoms with E-state index in [1.54, 1.807) is 6.20 Å². The van der Waals surface area contributed by atoms with Gasteiger partial charge in [-0.1, -0.05) is 6.07 Å². The minimum atomic E-state index is 0.194. The van der Waals surface area contributed by atoms with Gasteiger partial charge >= 0.3 is 0 Å². The van der Waals surface area contributed by atoms with Crippen molar-refractivity contribution in [3.8, 4) is 0 Å². The smallest absolute Gasteiger partial charge is 0.236 e. The van der Waals surface area contributed by atoms with E-state index in [2.05, 4.69) is 24.6 Å². The molecule has 0 saturated carbocycles. The summed E-state index contributed by atoms with van der Waals surface area (Å²) in [6.07, 6.45) is 5.08. The molecule has 1 saturated heterocycles. The highest BCUT2D eigenvalue weighted by Crippen LogP contribution is 2.13. The van der Waals surface area contributed by atoms with Crippen LogP contribution in [0.5, 0.6) is 0 Å². The summed E-state index contributed by atoms with van der Waals surface area (Å²) in [7, 11) is 0. The quantitative estimate of drug-likeness (QED) is 0.766. The van der Waals surface area contributed by atoms with Crippen molar-refractivity contribution in [2.24, 2.45) is 0 Å². The third kappa shape index (κ3) is 3.91. The first-order valence-electron chi connectivity index (χ1n) is 9.17. The molecule has 1 amide bonds. The number of amides is 1. The van der Waals surface area contributed by atoms with Crippen LogP contribution in [0.15, 0.2) is 24.5 Å². The van der Waals surface area contributed by atoms with Crippen LogP contribution in [-0.2, 0) is 28.9 Å². The van der Waals surface area contributed by atoms with Gasteiger partial charge in [-0.15, -0.1) is 10.2 Å². The summed E-state index contributed by atoms with van der Waals surface area (Å²) in [4.78, 5) is 20.9. The topological polar surface area (TPSA) is 76.4 Å². The lowest BCUT2D eigenvalue weighted by Crippen LogP contribution is -2.45. The maximum atomic E-state index is 12.7. The standard InChI is InChI=1S/C18H24N6O2/c25-18(14-22-8-10-26-11-9-22)23-5-3-16-20-21-17(24(16)7-6-23)12-15-2-1-4-19-13-15/h1-2,4,13H,3,5-12,14H2. The summed E-state index contributed by atoms with van der Waals surface area (Å²) < 4.78 is 7.51. The third-order valence-electron chi connectivity index (χ3n) is 5.00. The highest BCUT2D eigenvalue weighted by molar-refractivity contribution is 5.78. The molecule has 0 bridgehead atoms. The van der Waals surface area contributed by atoms with Gasteiger partial charge in [0.15, 0.2) is 0 Å². The summed E-state index contributed by atoms with van der Waals surface area (Å²) in [5.41, 5.74) is 1.12. The monoisotopic (exact) mass is 356 g/mol. The molecule has 4 rings (SSSR count). The van der Waals surface area contributed by atoms with E-state index in [9.17, 15) is 4.79 Å². The Morgan fingerprint density at radius 1 is 1.12 bits per heavy atom. The van der Waals surface area contributed by atoms with E-state index in [1.807, 2.05) is 23.2 Å². The van der Waals surface area contributed by atoms with Crippen LogP contribution in [0.2, 0.25) is 0 Å². The van der Waals surface area contributed by atoms with Crippen LogP contribution in [0.1, 0.15) is 17.2 Å². The average Bonchev–Trinajstić information content (AvgIpc) is 2.92. The number of nitrogens with zero attached hydrogens (tertiary/aromatic N) is 6. The van der Waals surface area contributed by atoms with Crippen LogP contribution in [0.3, 0.4) is 0 Å². The molecule has 0 aliphatic carbocycles. The van der Waals surface area contributed by atoms with E-state index in [0.29, 0.717) is 39.3 Å². The van der Waals surface area contributed by atoms with Crippen molar-refractivity contribution >= 4 is 5.91 Å². The van der Waals surface area contributed by atoms with E-state index in [1.165, 1.54) is 0 Å². The van der Waals surface area contributed by atoms with E-state index in [4.69, 9.17) is 4.74 Å².